The maximum atomic E-state index is 3.52. The molecule has 0 bridgehead atoms. The minimum absolute atomic E-state index is 0.983. The van der Waals surface area contributed by atoms with Crippen molar-refractivity contribution in [2.24, 2.45) is 0 Å². The van der Waals surface area contributed by atoms with Crippen LogP contribution in [0.5, 0.6) is 0 Å². The standard InChI is InChI=1S/C6H13BrSi/c1-5-6(7)8(2,3)4/h5H,1-4H3. The van der Waals surface area contributed by atoms with Crippen LogP contribution >= 0.6 is 15.9 Å². The summed E-state index contributed by atoms with van der Waals surface area (Å²) < 4.78 is 1.41. The first kappa shape index (κ1) is 8.44. The molecule has 0 rings (SSSR count). The van der Waals surface area contributed by atoms with E-state index < -0.39 is 8.07 Å². The van der Waals surface area contributed by atoms with E-state index in [2.05, 4.69) is 48.6 Å². The van der Waals surface area contributed by atoms with Gasteiger partial charge in [0, 0.05) is 0 Å². The molecule has 0 unspecified atom stereocenters. The summed E-state index contributed by atoms with van der Waals surface area (Å²) in [7, 11) is -0.983. The number of halogens is 1. The Kier molecular flexibility index (Phi) is 2.98. The van der Waals surface area contributed by atoms with Crippen LogP contribution in [0, 0.1) is 0 Å². The Morgan fingerprint density at radius 2 is 1.75 bits per heavy atom. The van der Waals surface area contributed by atoms with Gasteiger partial charge in [-0.1, -0.05) is 41.6 Å². The molecule has 0 aliphatic rings. The zero-order valence-corrected chi connectivity index (χ0v) is 8.54. The van der Waals surface area contributed by atoms with Crippen molar-refractivity contribution >= 4 is 24.0 Å². The quantitative estimate of drug-likeness (QED) is 0.561. The lowest BCUT2D eigenvalue weighted by Gasteiger charge is -2.13. The van der Waals surface area contributed by atoms with Gasteiger partial charge in [0.1, 0.15) is 0 Å². The smallest absolute Gasteiger partial charge is 0.0816 e. The van der Waals surface area contributed by atoms with Crippen LogP contribution in [0.1, 0.15) is 6.92 Å². The van der Waals surface area contributed by atoms with E-state index in [1.165, 1.54) is 4.11 Å². The molecule has 0 aliphatic carbocycles. The van der Waals surface area contributed by atoms with E-state index in [1.807, 2.05) is 0 Å². The van der Waals surface area contributed by atoms with Gasteiger partial charge in [0.05, 0.1) is 8.07 Å². The zero-order chi connectivity index (χ0) is 6.78. The van der Waals surface area contributed by atoms with Gasteiger partial charge < -0.3 is 0 Å². The van der Waals surface area contributed by atoms with Crippen LogP contribution in [0.25, 0.3) is 0 Å². The molecular formula is C6H13BrSi. The van der Waals surface area contributed by atoms with Crippen LogP contribution in [0.4, 0.5) is 0 Å². The van der Waals surface area contributed by atoms with Crippen LogP contribution < -0.4 is 0 Å². The third kappa shape index (κ3) is 2.67. The molecule has 0 saturated heterocycles. The van der Waals surface area contributed by atoms with Gasteiger partial charge in [-0.25, -0.2) is 0 Å². The van der Waals surface area contributed by atoms with Crippen molar-refractivity contribution in [3.05, 3.63) is 10.2 Å². The molecule has 0 spiro atoms. The van der Waals surface area contributed by atoms with Gasteiger partial charge in [-0.3, -0.25) is 0 Å². The second kappa shape index (κ2) is 2.83. The maximum absolute atomic E-state index is 3.52. The van der Waals surface area contributed by atoms with Gasteiger partial charge in [-0.05, 0) is 11.0 Å². The van der Waals surface area contributed by atoms with E-state index in [4.69, 9.17) is 0 Å². The summed E-state index contributed by atoms with van der Waals surface area (Å²) in [6.07, 6.45) is 2.15. The molecule has 0 atom stereocenters. The highest BCUT2D eigenvalue weighted by Gasteiger charge is 2.15. The molecule has 0 fully saturated rings. The van der Waals surface area contributed by atoms with E-state index in [0.717, 1.165) is 0 Å². The first-order valence-corrected chi connectivity index (χ1v) is 7.10. The van der Waals surface area contributed by atoms with Gasteiger partial charge in [0.2, 0.25) is 0 Å². The number of rotatable bonds is 1. The van der Waals surface area contributed by atoms with Gasteiger partial charge >= 0.3 is 0 Å². The highest BCUT2D eigenvalue weighted by molar-refractivity contribution is 9.12. The third-order valence-electron chi connectivity index (χ3n) is 0.970. The Balaban J connectivity index is 4.03. The minimum atomic E-state index is -0.983. The van der Waals surface area contributed by atoms with Crippen LogP contribution in [0.3, 0.4) is 0 Å². The summed E-state index contributed by atoms with van der Waals surface area (Å²) in [6, 6.07) is 0. The van der Waals surface area contributed by atoms with Crippen LogP contribution in [-0.4, -0.2) is 8.07 Å². The van der Waals surface area contributed by atoms with Crippen molar-refractivity contribution in [3.63, 3.8) is 0 Å². The molecule has 0 aromatic heterocycles. The van der Waals surface area contributed by atoms with Gasteiger partial charge in [-0.2, -0.15) is 0 Å². The van der Waals surface area contributed by atoms with E-state index in [9.17, 15) is 0 Å². The molecule has 0 aliphatic heterocycles. The molecule has 0 aromatic carbocycles. The van der Waals surface area contributed by atoms with E-state index >= 15 is 0 Å². The summed E-state index contributed by atoms with van der Waals surface area (Å²) in [5.41, 5.74) is 0. The molecule has 2 heteroatoms. The zero-order valence-electron chi connectivity index (χ0n) is 5.96. The SMILES string of the molecule is CC=C(Br)[Si](C)(C)C. The van der Waals surface area contributed by atoms with Crippen molar-refractivity contribution < 1.29 is 0 Å². The van der Waals surface area contributed by atoms with Crippen LogP contribution in [0.2, 0.25) is 19.6 Å². The maximum Gasteiger partial charge on any atom is 0.0861 e. The number of hydrogen-bond donors (Lipinski definition) is 0. The highest BCUT2D eigenvalue weighted by Crippen LogP contribution is 2.19. The molecule has 8 heavy (non-hydrogen) atoms. The average Bonchev–Trinajstić information content (AvgIpc) is 1.62. The molecule has 0 amide bonds. The molecule has 48 valence electrons. The Morgan fingerprint density at radius 1 is 1.38 bits per heavy atom. The molecule has 0 radical (unpaired) electrons. The van der Waals surface area contributed by atoms with Crippen molar-refractivity contribution in [3.8, 4) is 0 Å². The topological polar surface area (TPSA) is 0 Å². The lowest BCUT2D eigenvalue weighted by molar-refractivity contribution is 1.68. The predicted octanol–water partition coefficient (Wildman–Crippen LogP) is 3.16. The first-order chi connectivity index (χ1) is 3.48. The van der Waals surface area contributed by atoms with Gasteiger partial charge in [-0.15, -0.1) is 0 Å². The Morgan fingerprint density at radius 3 is 1.75 bits per heavy atom. The molecule has 0 N–H and O–H groups in total. The number of allylic oxidation sites excluding steroid dienone is 1. The highest BCUT2D eigenvalue weighted by atomic mass is 79.9. The Labute approximate surface area is 61.1 Å². The van der Waals surface area contributed by atoms with Gasteiger partial charge in [0.15, 0.2) is 0 Å². The summed E-state index contributed by atoms with van der Waals surface area (Å²) in [6.45, 7) is 9.02. The predicted molar refractivity (Wildman–Crippen MR) is 46.0 cm³/mol. The third-order valence-corrected chi connectivity index (χ3v) is 6.72. The van der Waals surface area contributed by atoms with E-state index in [1.54, 1.807) is 0 Å². The molecule has 0 aromatic rings. The fraction of sp³-hybridized carbons (Fsp3) is 0.667. The minimum Gasteiger partial charge on any atom is -0.0816 e. The first-order valence-electron chi connectivity index (χ1n) is 2.81. The Bertz CT molecular complexity index is 99.6. The van der Waals surface area contributed by atoms with Crippen molar-refractivity contribution in [2.45, 2.75) is 26.6 Å². The second-order valence-electron chi connectivity index (χ2n) is 2.89. The normalized spacial score (nSPS) is 14.4. The largest absolute Gasteiger partial charge is 0.0861 e. The van der Waals surface area contributed by atoms with Gasteiger partial charge in [0.25, 0.3) is 0 Å². The Hall–Kier alpha value is 0.437. The molecule has 0 saturated carbocycles. The summed E-state index contributed by atoms with van der Waals surface area (Å²) >= 11 is 3.52. The van der Waals surface area contributed by atoms with Crippen LogP contribution in [0.15, 0.2) is 10.2 Å². The lowest BCUT2D eigenvalue weighted by atomic mass is 10.8. The fourth-order valence-electron chi connectivity index (χ4n) is 0.433. The van der Waals surface area contributed by atoms with E-state index in [0.29, 0.717) is 0 Å². The van der Waals surface area contributed by atoms with E-state index in [-0.39, 0.29) is 0 Å². The van der Waals surface area contributed by atoms with Crippen molar-refractivity contribution in [2.75, 3.05) is 0 Å². The summed E-state index contributed by atoms with van der Waals surface area (Å²) in [5.74, 6) is 0. The molecule has 0 nitrogen and oxygen atoms in total. The summed E-state index contributed by atoms with van der Waals surface area (Å²) in [4.78, 5) is 0. The second-order valence-corrected chi connectivity index (χ2v) is 9.51. The summed E-state index contributed by atoms with van der Waals surface area (Å²) in [5, 5.41) is 0. The number of hydrogen-bond acceptors (Lipinski definition) is 0. The van der Waals surface area contributed by atoms with Crippen molar-refractivity contribution in [1.29, 1.82) is 0 Å². The monoisotopic (exact) mass is 192 g/mol. The average molecular weight is 193 g/mol. The fourth-order valence-corrected chi connectivity index (χ4v) is 1.30. The molecule has 0 heterocycles. The molecular weight excluding hydrogens is 180 g/mol. The van der Waals surface area contributed by atoms with Crippen LogP contribution in [-0.2, 0) is 0 Å². The lowest BCUT2D eigenvalue weighted by Crippen LogP contribution is -2.19. The van der Waals surface area contributed by atoms with Crippen molar-refractivity contribution in [1.82, 2.24) is 0 Å².